The van der Waals surface area contributed by atoms with Crippen molar-refractivity contribution in [1.82, 2.24) is 15.0 Å². The van der Waals surface area contributed by atoms with Crippen LogP contribution in [0.15, 0.2) is 0 Å². The molecule has 1 aromatic rings. The second-order valence-corrected chi connectivity index (χ2v) is 3.08. The number of methoxy groups -OCH3 is 1. The summed E-state index contributed by atoms with van der Waals surface area (Å²) in [4.78, 5) is 0. The molecule has 0 saturated carbocycles. The quantitative estimate of drug-likeness (QED) is 0.742. The number of aliphatic hydroxyl groups excluding tert-OH is 1. The van der Waals surface area contributed by atoms with Crippen LogP contribution in [0, 0.1) is 11.3 Å². The van der Waals surface area contributed by atoms with E-state index >= 15 is 0 Å². The molecule has 0 spiro atoms. The maximum absolute atomic E-state index is 8.84. The molecule has 0 fully saturated rings. The minimum atomic E-state index is -0.185. The molecule has 1 atom stereocenters. The molecule has 1 aromatic heterocycles. The lowest BCUT2D eigenvalue weighted by Gasteiger charge is -2.12. The van der Waals surface area contributed by atoms with Crippen molar-refractivity contribution >= 4 is 0 Å². The van der Waals surface area contributed by atoms with Crippen molar-refractivity contribution in [3.8, 4) is 6.07 Å². The standard InChI is InChI=1S/C9H14N4O2/c1-7(15-2)9-8(3-4-10)11-12-13(9)5-6-14/h7,14H,3,5-6H2,1-2H3. The van der Waals surface area contributed by atoms with E-state index in [0.717, 1.165) is 5.69 Å². The molecule has 82 valence electrons. The van der Waals surface area contributed by atoms with Gasteiger partial charge in [-0.2, -0.15) is 5.26 Å². The summed E-state index contributed by atoms with van der Waals surface area (Å²) >= 11 is 0. The second kappa shape index (κ2) is 5.44. The molecule has 0 radical (unpaired) electrons. The molecule has 0 aliphatic heterocycles. The Hall–Kier alpha value is -1.45. The number of hydrogen-bond acceptors (Lipinski definition) is 5. The first-order valence-corrected chi connectivity index (χ1v) is 4.67. The molecule has 0 aliphatic carbocycles. The lowest BCUT2D eigenvalue weighted by atomic mass is 10.2. The third kappa shape index (κ3) is 2.52. The van der Waals surface area contributed by atoms with Gasteiger partial charge in [0.25, 0.3) is 0 Å². The van der Waals surface area contributed by atoms with Crippen LogP contribution in [-0.2, 0) is 17.7 Å². The molecule has 0 bridgehead atoms. The Morgan fingerprint density at radius 2 is 2.40 bits per heavy atom. The van der Waals surface area contributed by atoms with Crippen molar-refractivity contribution in [2.45, 2.75) is 26.0 Å². The van der Waals surface area contributed by atoms with Crippen molar-refractivity contribution in [3.05, 3.63) is 11.4 Å². The fourth-order valence-electron chi connectivity index (χ4n) is 1.37. The molecule has 0 aromatic carbocycles. The van der Waals surface area contributed by atoms with Gasteiger partial charge in [-0.3, -0.25) is 0 Å². The van der Waals surface area contributed by atoms with E-state index in [1.54, 1.807) is 11.8 Å². The number of hydrogen-bond donors (Lipinski definition) is 1. The number of nitrogens with zero attached hydrogens (tertiary/aromatic N) is 4. The minimum absolute atomic E-state index is 0.0151. The molecule has 1 rings (SSSR count). The zero-order chi connectivity index (χ0) is 11.3. The summed E-state index contributed by atoms with van der Waals surface area (Å²) in [5.74, 6) is 0. The monoisotopic (exact) mass is 210 g/mol. The summed E-state index contributed by atoms with van der Waals surface area (Å²) in [7, 11) is 1.58. The van der Waals surface area contributed by atoms with Crippen LogP contribution >= 0.6 is 0 Å². The number of aliphatic hydroxyl groups is 1. The summed E-state index contributed by atoms with van der Waals surface area (Å²) in [5.41, 5.74) is 1.37. The van der Waals surface area contributed by atoms with Crippen molar-refractivity contribution in [3.63, 3.8) is 0 Å². The zero-order valence-corrected chi connectivity index (χ0v) is 8.84. The van der Waals surface area contributed by atoms with Crippen molar-refractivity contribution < 1.29 is 9.84 Å². The van der Waals surface area contributed by atoms with Crippen LogP contribution in [0.3, 0.4) is 0 Å². The van der Waals surface area contributed by atoms with E-state index in [-0.39, 0.29) is 19.1 Å². The van der Waals surface area contributed by atoms with Crippen molar-refractivity contribution in [2.75, 3.05) is 13.7 Å². The molecule has 6 nitrogen and oxygen atoms in total. The Labute approximate surface area is 88.1 Å². The Bertz CT molecular complexity index is 355. The summed E-state index contributed by atoms with van der Waals surface area (Å²) < 4.78 is 6.75. The topological polar surface area (TPSA) is 84.0 Å². The van der Waals surface area contributed by atoms with E-state index in [0.29, 0.717) is 12.2 Å². The van der Waals surface area contributed by atoms with E-state index in [4.69, 9.17) is 15.1 Å². The zero-order valence-electron chi connectivity index (χ0n) is 8.84. The van der Waals surface area contributed by atoms with Crippen molar-refractivity contribution in [1.29, 1.82) is 5.26 Å². The fraction of sp³-hybridized carbons (Fsp3) is 0.667. The van der Waals surface area contributed by atoms with E-state index in [9.17, 15) is 0 Å². The molecule has 6 heteroatoms. The SMILES string of the molecule is COC(C)c1c(CC#N)nnn1CCO. The molecule has 0 saturated heterocycles. The van der Waals surface area contributed by atoms with E-state index in [1.807, 2.05) is 13.0 Å². The third-order valence-electron chi connectivity index (χ3n) is 2.14. The van der Waals surface area contributed by atoms with Crippen LogP contribution in [0.2, 0.25) is 0 Å². The van der Waals surface area contributed by atoms with Crippen LogP contribution in [0.4, 0.5) is 0 Å². The average Bonchev–Trinajstić information content (AvgIpc) is 2.62. The molecule has 0 aliphatic rings. The Morgan fingerprint density at radius 3 is 2.93 bits per heavy atom. The summed E-state index contributed by atoms with van der Waals surface area (Å²) in [6.07, 6.45) is 0.0176. The molecule has 1 unspecified atom stereocenters. The number of aromatic nitrogens is 3. The van der Waals surface area contributed by atoms with E-state index < -0.39 is 0 Å². The van der Waals surface area contributed by atoms with Crippen LogP contribution in [0.25, 0.3) is 0 Å². The molecule has 0 amide bonds. The number of nitriles is 1. The molecule has 1 heterocycles. The second-order valence-electron chi connectivity index (χ2n) is 3.08. The highest BCUT2D eigenvalue weighted by molar-refractivity contribution is 5.16. The largest absolute Gasteiger partial charge is 0.394 e. The predicted octanol–water partition coefficient (Wildman–Crippen LogP) is 0.0439. The lowest BCUT2D eigenvalue weighted by molar-refractivity contribution is 0.109. The normalized spacial score (nSPS) is 12.4. The van der Waals surface area contributed by atoms with Crippen molar-refractivity contribution in [2.24, 2.45) is 0 Å². The van der Waals surface area contributed by atoms with Gasteiger partial charge in [-0.1, -0.05) is 5.21 Å². The first kappa shape index (κ1) is 11.6. The van der Waals surface area contributed by atoms with Crippen LogP contribution < -0.4 is 0 Å². The predicted molar refractivity (Wildman–Crippen MR) is 51.8 cm³/mol. The highest BCUT2D eigenvalue weighted by Crippen LogP contribution is 2.18. The molecule has 15 heavy (non-hydrogen) atoms. The minimum Gasteiger partial charge on any atom is -0.394 e. The highest BCUT2D eigenvalue weighted by atomic mass is 16.5. The van der Waals surface area contributed by atoms with Crippen LogP contribution in [-0.4, -0.2) is 33.8 Å². The first-order valence-electron chi connectivity index (χ1n) is 4.67. The smallest absolute Gasteiger partial charge is 0.103 e. The van der Waals surface area contributed by atoms with Gasteiger partial charge in [0.15, 0.2) is 0 Å². The highest BCUT2D eigenvalue weighted by Gasteiger charge is 2.18. The maximum atomic E-state index is 8.84. The van der Waals surface area contributed by atoms with Gasteiger partial charge in [0.1, 0.15) is 5.69 Å². The van der Waals surface area contributed by atoms with Gasteiger partial charge < -0.3 is 9.84 Å². The third-order valence-corrected chi connectivity index (χ3v) is 2.14. The van der Waals surface area contributed by atoms with Gasteiger partial charge >= 0.3 is 0 Å². The lowest BCUT2D eigenvalue weighted by Crippen LogP contribution is -2.12. The average molecular weight is 210 g/mol. The molecule has 1 N–H and O–H groups in total. The number of ether oxygens (including phenoxy) is 1. The fourth-order valence-corrected chi connectivity index (χ4v) is 1.37. The van der Waals surface area contributed by atoms with Gasteiger partial charge in [-0.15, -0.1) is 5.10 Å². The number of rotatable bonds is 5. The Balaban J connectivity index is 3.03. The Kier molecular flexibility index (Phi) is 4.21. The van der Waals surface area contributed by atoms with Gasteiger partial charge in [0, 0.05) is 7.11 Å². The van der Waals surface area contributed by atoms with Gasteiger partial charge in [0.05, 0.1) is 37.4 Å². The molecular weight excluding hydrogens is 196 g/mol. The first-order chi connectivity index (χ1) is 7.24. The van der Waals surface area contributed by atoms with Gasteiger partial charge in [0.2, 0.25) is 0 Å². The summed E-state index contributed by atoms with van der Waals surface area (Å²) in [6, 6.07) is 2.02. The maximum Gasteiger partial charge on any atom is 0.103 e. The Morgan fingerprint density at radius 1 is 1.67 bits per heavy atom. The van der Waals surface area contributed by atoms with Crippen LogP contribution in [0.5, 0.6) is 0 Å². The van der Waals surface area contributed by atoms with Gasteiger partial charge in [-0.05, 0) is 6.92 Å². The van der Waals surface area contributed by atoms with Crippen LogP contribution in [0.1, 0.15) is 24.4 Å². The van der Waals surface area contributed by atoms with Gasteiger partial charge in [-0.25, -0.2) is 4.68 Å². The van der Waals surface area contributed by atoms with E-state index in [1.165, 1.54) is 0 Å². The summed E-state index contributed by atoms with van der Waals surface area (Å²) in [6.45, 7) is 2.20. The summed E-state index contributed by atoms with van der Waals surface area (Å²) in [5, 5.41) is 25.2. The van der Waals surface area contributed by atoms with E-state index in [2.05, 4.69) is 10.3 Å². The molecular formula is C9H14N4O2.